The van der Waals surface area contributed by atoms with Crippen molar-refractivity contribution in [2.75, 3.05) is 38.5 Å². The Kier molecular flexibility index (Phi) is 7.52. The molecule has 1 aliphatic heterocycles. The fourth-order valence-corrected chi connectivity index (χ4v) is 5.61. The first-order valence-corrected chi connectivity index (χ1v) is 12.4. The van der Waals surface area contributed by atoms with Gasteiger partial charge in [0, 0.05) is 32.6 Å². The largest absolute Gasteiger partial charge is 0.341 e. The van der Waals surface area contributed by atoms with Crippen molar-refractivity contribution in [3.8, 4) is 0 Å². The monoisotopic (exact) mass is 406 g/mol. The minimum absolute atomic E-state index is 0.0322. The summed E-state index contributed by atoms with van der Waals surface area (Å²) in [7, 11) is -3.41. The highest BCUT2D eigenvalue weighted by molar-refractivity contribution is 7.91. The molecule has 0 atom stereocenters. The summed E-state index contributed by atoms with van der Waals surface area (Å²) in [5.41, 5.74) is 1.03. The van der Waals surface area contributed by atoms with E-state index in [1.165, 1.54) is 32.1 Å². The minimum atomic E-state index is -3.41. The van der Waals surface area contributed by atoms with Gasteiger partial charge >= 0.3 is 0 Å². The van der Waals surface area contributed by atoms with Gasteiger partial charge < -0.3 is 9.80 Å². The van der Waals surface area contributed by atoms with Crippen LogP contribution in [0.15, 0.2) is 29.2 Å². The molecule has 1 amide bonds. The predicted octanol–water partition coefficient (Wildman–Crippen LogP) is 3.27. The van der Waals surface area contributed by atoms with Gasteiger partial charge in [-0.15, -0.1) is 0 Å². The molecule has 1 heterocycles. The molecule has 28 heavy (non-hydrogen) atoms. The van der Waals surface area contributed by atoms with E-state index < -0.39 is 9.84 Å². The number of hydrogen-bond donors (Lipinski definition) is 0. The van der Waals surface area contributed by atoms with Crippen LogP contribution >= 0.6 is 0 Å². The Hall–Kier alpha value is -1.40. The highest BCUT2D eigenvalue weighted by Crippen LogP contribution is 2.24. The molecule has 2 fully saturated rings. The molecule has 2 aliphatic rings. The second-order valence-corrected chi connectivity index (χ2v) is 10.5. The standard InChI is InChI=1S/C22H34N2O3S/c1-19-8-10-21(11-9-19)28(26,27)17-12-22(25)24-14-5-13-23(15-16-24)18-20-6-3-2-4-7-20/h8-11,20H,2-7,12-18H2,1H3. The first-order chi connectivity index (χ1) is 13.4. The molecule has 5 nitrogen and oxygen atoms in total. The summed E-state index contributed by atoms with van der Waals surface area (Å²) < 4.78 is 25.0. The quantitative estimate of drug-likeness (QED) is 0.727. The van der Waals surface area contributed by atoms with Crippen LogP contribution in [0.4, 0.5) is 0 Å². The first kappa shape index (κ1) is 21.3. The lowest BCUT2D eigenvalue weighted by Gasteiger charge is -2.28. The van der Waals surface area contributed by atoms with E-state index in [0.29, 0.717) is 4.90 Å². The fourth-order valence-electron chi connectivity index (χ4n) is 4.38. The van der Waals surface area contributed by atoms with Crippen LogP contribution in [0.3, 0.4) is 0 Å². The molecule has 0 aromatic heterocycles. The van der Waals surface area contributed by atoms with Gasteiger partial charge in [0.2, 0.25) is 5.91 Å². The third-order valence-corrected chi connectivity index (χ3v) is 7.88. The van der Waals surface area contributed by atoms with Crippen molar-refractivity contribution in [1.82, 2.24) is 9.80 Å². The van der Waals surface area contributed by atoms with Gasteiger partial charge in [-0.1, -0.05) is 37.0 Å². The van der Waals surface area contributed by atoms with Crippen molar-refractivity contribution in [1.29, 1.82) is 0 Å². The van der Waals surface area contributed by atoms with E-state index in [-0.39, 0.29) is 18.1 Å². The molecular formula is C22H34N2O3S. The summed E-state index contributed by atoms with van der Waals surface area (Å²) in [4.78, 5) is 17.3. The Morgan fingerprint density at radius 3 is 2.39 bits per heavy atom. The lowest BCUT2D eigenvalue weighted by atomic mass is 9.89. The number of carbonyl (C=O) groups excluding carboxylic acids is 1. The first-order valence-electron chi connectivity index (χ1n) is 10.7. The maximum absolute atomic E-state index is 12.6. The topological polar surface area (TPSA) is 57.7 Å². The zero-order valence-corrected chi connectivity index (χ0v) is 17.9. The molecule has 3 rings (SSSR count). The molecule has 156 valence electrons. The summed E-state index contributed by atoms with van der Waals surface area (Å²) in [6.45, 7) is 6.50. The third-order valence-electron chi connectivity index (χ3n) is 6.15. The fraction of sp³-hybridized carbons (Fsp3) is 0.682. The van der Waals surface area contributed by atoms with Gasteiger partial charge in [-0.25, -0.2) is 8.42 Å². The number of nitrogens with zero attached hydrogens (tertiary/aromatic N) is 2. The van der Waals surface area contributed by atoms with Crippen molar-refractivity contribution in [3.63, 3.8) is 0 Å². The molecule has 0 N–H and O–H groups in total. The Bertz CT molecular complexity index is 740. The minimum Gasteiger partial charge on any atom is -0.341 e. The van der Waals surface area contributed by atoms with Gasteiger partial charge in [0.05, 0.1) is 10.6 Å². The van der Waals surface area contributed by atoms with E-state index in [1.807, 2.05) is 11.8 Å². The molecule has 1 saturated heterocycles. The summed E-state index contributed by atoms with van der Waals surface area (Å²) in [6.07, 6.45) is 7.83. The van der Waals surface area contributed by atoms with Crippen LogP contribution in [-0.2, 0) is 14.6 Å². The second-order valence-electron chi connectivity index (χ2n) is 8.42. The number of hydrogen-bond acceptors (Lipinski definition) is 4. The number of sulfone groups is 1. The molecule has 1 aromatic rings. The average Bonchev–Trinajstić information content (AvgIpc) is 2.93. The summed E-state index contributed by atoms with van der Waals surface area (Å²) in [6, 6.07) is 6.85. The third kappa shape index (κ3) is 6.05. The van der Waals surface area contributed by atoms with Crippen LogP contribution in [-0.4, -0.2) is 62.6 Å². The van der Waals surface area contributed by atoms with Gasteiger partial charge in [0.1, 0.15) is 0 Å². The molecular weight excluding hydrogens is 372 g/mol. The number of benzene rings is 1. The van der Waals surface area contributed by atoms with Crippen molar-refractivity contribution < 1.29 is 13.2 Å². The van der Waals surface area contributed by atoms with Crippen molar-refractivity contribution in [2.24, 2.45) is 5.92 Å². The van der Waals surface area contributed by atoms with E-state index in [2.05, 4.69) is 4.90 Å². The zero-order chi connectivity index (χ0) is 20.0. The van der Waals surface area contributed by atoms with Crippen LogP contribution in [0, 0.1) is 12.8 Å². The van der Waals surface area contributed by atoms with Gasteiger partial charge in [-0.2, -0.15) is 0 Å². The second kappa shape index (κ2) is 9.88. The van der Waals surface area contributed by atoms with Crippen LogP contribution in [0.5, 0.6) is 0 Å². The highest BCUT2D eigenvalue weighted by atomic mass is 32.2. The number of carbonyl (C=O) groups is 1. The molecule has 0 spiro atoms. The molecule has 0 radical (unpaired) electrons. The van der Waals surface area contributed by atoms with Crippen LogP contribution in [0.2, 0.25) is 0 Å². The Morgan fingerprint density at radius 2 is 1.68 bits per heavy atom. The van der Waals surface area contributed by atoms with E-state index >= 15 is 0 Å². The Morgan fingerprint density at radius 1 is 0.964 bits per heavy atom. The average molecular weight is 407 g/mol. The van der Waals surface area contributed by atoms with E-state index in [9.17, 15) is 13.2 Å². The maximum atomic E-state index is 12.6. The van der Waals surface area contributed by atoms with Crippen LogP contribution in [0.1, 0.15) is 50.5 Å². The SMILES string of the molecule is Cc1ccc(S(=O)(=O)CCC(=O)N2CCCN(CC3CCCCC3)CC2)cc1. The molecule has 0 bridgehead atoms. The van der Waals surface area contributed by atoms with E-state index in [0.717, 1.165) is 50.6 Å². The molecule has 1 aromatic carbocycles. The smallest absolute Gasteiger partial charge is 0.223 e. The summed E-state index contributed by atoms with van der Waals surface area (Å²) in [5.74, 6) is 0.669. The van der Waals surface area contributed by atoms with Gasteiger partial charge in [-0.3, -0.25) is 4.79 Å². The van der Waals surface area contributed by atoms with Crippen LogP contribution in [0.25, 0.3) is 0 Å². The number of amides is 1. The Labute approximate surface area is 170 Å². The van der Waals surface area contributed by atoms with E-state index in [1.54, 1.807) is 24.3 Å². The predicted molar refractivity (Wildman–Crippen MR) is 112 cm³/mol. The van der Waals surface area contributed by atoms with E-state index in [4.69, 9.17) is 0 Å². The molecule has 1 aliphatic carbocycles. The van der Waals surface area contributed by atoms with Gasteiger partial charge in [0.25, 0.3) is 0 Å². The summed E-state index contributed by atoms with van der Waals surface area (Å²) in [5, 5.41) is 0. The lowest BCUT2D eigenvalue weighted by Crippen LogP contribution is -2.37. The van der Waals surface area contributed by atoms with Crippen molar-refractivity contribution in [2.45, 2.75) is 56.8 Å². The highest BCUT2D eigenvalue weighted by Gasteiger charge is 2.24. The summed E-state index contributed by atoms with van der Waals surface area (Å²) >= 11 is 0. The normalized spacial score (nSPS) is 20.1. The maximum Gasteiger partial charge on any atom is 0.223 e. The molecule has 6 heteroatoms. The molecule has 0 unspecified atom stereocenters. The van der Waals surface area contributed by atoms with Gasteiger partial charge in [0.15, 0.2) is 9.84 Å². The molecule has 1 saturated carbocycles. The number of aryl methyl sites for hydroxylation is 1. The van der Waals surface area contributed by atoms with Crippen molar-refractivity contribution in [3.05, 3.63) is 29.8 Å². The lowest BCUT2D eigenvalue weighted by molar-refractivity contribution is -0.130. The van der Waals surface area contributed by atoms with Crippen molar-refractivity contribution >= 4 is 15.7 Å². The van der Waals surface area contributed by atoms with Gasteiger partial charge in [-0.05, 0) is 50.8 Å². The Balaban J connectivity index is 1.47. The number of rotatable bonds is 6. The van der Waals surface area contributed by atoms with Crippen LogP contribution < -0.4 is 0 Å². The zero-order valence-electron chi connectivity index (χ0n) is 17.1.